The molecule has 5 aromatic rings. The van der Waals surface area contributed by atoms with Crippen LogP contribution in [0.3, 0.4) is 0 Å². The molecule has 0 N–H and O–H groups in total. The summed E-state index contributed by atoms with van der Waals surface area (Å²) in [6.07, 6.45) is 14.7. The molecule has 0 spiro atoms. The smallest absolute Gasteiger partial charge is 0.200 e. The predicted molar refractivity (Wildman–Crippen MR) is 241 cm³/mol. The minimum atomic E-state index is -5.16. The Morgan fingerprint density at radius 1 is 0.397 bits per heavy atom. The third-order valence-corrected chi connectivity index (χ3v) is 17.7. The van der Waals surface area contributed by atoms with Crippen molar-refractivity contribution in [1.29, 1.82) is 0 Å². The van der Waals surface area contributed by atoms with Crippen LogP contribution in [0.5, 0.6) is 0 Å². The van der Waals surface area contributed by atoms with E-state index in [0.717, 1.165) is 11.3 Å². The van der Waals surface area contributed by atoms with Crippen molar-refractivity contribution in [3.63, 3.8) is 0 Å². The molecule has 0 heterocycles. The van der Waals surface area contributed by atoms with Gasteiger partial charge in [0.05, 0.1) is 23.3 Å². The van der Waals surface area contributed by atoms with Crippen LogP contribution in [0, 0.1) is 87.3 Å². The summed E-state index contributed by atoms with van der Waals surface area (Å²) in [7, 11) is -0.610. The zero-order valence-electron chi connectivity index (χ0n) is 38.3. The van der Waals surface area contributed by atoms with Crippen molar-refractivity contribution in [3.05, 3.63) is 140 Å². The molecule has 2 aliphatic rings. The van der Waals surface area contributed by atoms with Gasteiger partial charge in [0, 0.05) is 13.5 Å². The Hall–Kier alpha value is -4.46. The molecule has 0 aromatic heterocycles. The van der Waals surface area contributed by atoms with Gasteiger partial charge in [-0.1, -0.05) is 84.7 Å². The van der Waals surface area contributed by atoms with Crippen LogP contribution in [0.25, 0.3) is 11.1 Å². The zero-order valence-corrected chi connectivity index (χ0v) is 39.3. The van der Waals surface area contributed by atoms with E-state index >= 15 is 0 Å². The first-order chi connectivity index (χ1) is 32.0. The van der Waals surface area contributed by atoms with Crippen molar-refractivity contribution in [2.45, 2.75) is 135 Å². The van der Waals surface area contributed by atoms with Gasteiger partial charge < -0.3 is 0 Å². The van der Waals surface area contributed by atoms with E-state index in [-0.39, 0.29) is 0 Å². The van der Waals surface area contributed by atoms with Crippen LogP contribution in [0.2, 0.25) is 0 Å². The van der Waals surface area contributed by atoms with Crippen molar-refractivity contribution in [3.8, 4) is 11.1 Å². The second kappa shape index (κ2) is 21.7. The van der Waals surface area contributed by atoms with E-state index < -0.39 is 118 Å². The molecular weight excluding hydrogens is 939 g/mol. The fourth-order valence-corrected chi connectivity index (χ4v) is 14.6. The monoisotopic (exact) mass is 990 g/mol. The molecule has 5 aromatic carbocycles. The second-order valence-electron chi connectivity index (χ2n) is 18.9. The quantitative estimate of drug-likeness (QED) is 0.0430. The largest absolute Gasteiger partial charge is 0.207 e. The van der Waals surface area contributed by atoms with Gasteiger partial charge in [0.15, 0.2) is 52.4 Å². The summed E-state index contributed by atoms with van der Waals surface area (Å²) in [5, 5.41) is 1.78. The molecule has 0 unspecified atom stereocenters. The van der Waals surface area contributed by atoms with Gasteiger partial charge in [-0.15, -0.1) is 16.4 Å². The van der Waals surface area contributed by atoms with Crippen LogP contribution < -0.4 is 21.7 Å². The Balaban J connectivity index is 0.000000224. The third-order valence-electron chi connectivity index (χ3n) is 13.7. The van der Waals surface area contributed by atoms with Gasteiger partial charge in [-0.3, -0.25) is 0 Å². The fourth-order valence-electron chi connectivity index (χ4n) is 10.2. The van der Waals surface area contributed by atoms with Gasteiger partial charge in [-0.05, 0) is 97.4 Å². The molecule has 368 valence electrons. The summed E-state index contributed by atoms with van der Waals surface area (Å²) in [6.45, 7) is 9.17. The number of hydrogen-bond acceptors (Lipinski definition) is 0. The summed E-state index contributed by atoms with van der Waals surface area (Å²) in [6, 6.07) is 14.9. The molecule has 2 aliphatic carbocycles. The summed E-state index contributed by atoms with van der Waals surface area (Å²) >= 11 is 0. The summed E-state index contributed by atoms with van der Waals surface area (Å²) in [5.41, 5.74) is 2.04. The van der Waals surface area contributed by atoms with E-state index in [2.05, 4.69) is 77.9 Å². The molecular formula is C51H51BF15P. The number of rotatable bonds is 10. The van der Waals surface area contributed by atoms with E-state index in [1.165, 1.54) is 69.8 Å². The first-order valence-electron chi connectivity index (χ1n) is 22.9. The Kier molecular flexibility index (Phi) is 16.9. The number of hydrogen-bond donors (Lipinski definition) is 0. The molecule has 0 atom stereocenters. The van der Waals surface area contributed by atoms with E-state index in [4.69, 9.17) is 0 Å². The highest BCUT2D eigenvalue weighted by atomic mass is 31.1. The lowest BCUT2D eigenvalue weighted by Crippen LogP contribution is -2.60. The first kappa shape index (κ1) is 52.9. The molecule has 68 heavy (non-hydrogen) atoms. The van der Waals surface area contributed by atoms with Crippen molar-refractivity contribution >= 4 is 36.3 Å². The first-order valence-corrected chi connectivity index (χ1v) is 24.6. The van der Waals surface area contributed by atoms with E-state index in [1.807, 2.05) is 0 Å². The standard InChI is InChI=1S/C33H49P.C18HBF15/c1-23(2)26-21-30(24(3)4)33(31(22-26)25(5)6)29-19-13-14-20-32(29)34(27-15-9-7-10-16-27)28-17-11-8-12-18-28;20-4-1(5(21)11(27)16(32)10(4)26)19(2-6(22)12(28)17(33)13(29)7(2)23)3-8(24)14(30)18(34)15(31)9(3)25/h13-14,19-25,27-28H,7-12,15-18H2,1-6H3;19H/q;-1/p+1. The van der Waals surface area contributed by atoms with Crippen molar-refractivity contribution in [1.82, 2.24) is 0 Å². The summed E-state index contributed by atoms with van der Waals surface area (Å²) in [5.74, 6) is -43.2. The molecule has 0 aliphatic heterocycles. The number of halogens is 15. The normalized spacial score (nSPS) is 15.1. The maximum absolute atomic E-state index is 14.4. The second-order valence-corrected chi connectivity index (χ2v) is 22.0. The van der Waals surface area contributed by atoms with Gasteiger partial charge >= 0.3 is 0 Å². The van der Waals surface area contributed by atoms with Gasteiger partial charge in [0.25, 0.3) is 0 Å². The molecule has 7 rings (SSSR count). The predicted octanol–water partition coefficient (Wildman–Crippen LogP) is 14.3. The Morgan fingerprint density at radius 3 is 0.985 bits per heavy atom. The van der Waals surface area contributed by atoms with Crippen molar-refractivity contribution in [2.24, 2.45) is 0 Å². The van der Waals surface area contributed by atoms with E-state index in [9.17, 15) is 65.9 Å². The molecule has 2 fully saturated rings. The van der Waals surface area contributed by atoms with Crippen LogP contribution in [0.1, 0.15) is 140 Å². The SMILES string of the molecule is CC(C)c1cc(C(C)C)c(-c2ccccc2[PH+](C2CCCCC2)C2CCCCC2)c(C(C)C)c1.Fc1c(F)c(F)c([BH-](c2c(F)c(F)c(F)c(F)c2F)c2c(F)c(F)c(F)c(F)c2F)c(F)c1F. The van der Waals surface area contributed by atoms with Crippen molar-refractivity contribution in [2.75, 3.05) is 0 Å². The highest BCUT2D eigenvalue weighted by molar-refractivity contribution is 7.67. The van der Waals surface area contributed by atoms with Crippen LogP contribution >= 0.6 is 7.92 Å². The Morgan fingerprint density at radius 2 is 0.691 bits per heavy atom. The van der Waals surface area contributed by atoms with Gasteiger partial charge in [0.2, 0.25) is 0 Å². The Bertz CT molecular complexity index is 2370. The fraction of sp³-hybridized carbons (Fsp3) is 0.412. The average molecular weight is 991 g/mol. The molecule has 0 amide bonds. The summed E-state index contributed by atoms with van der Waals surface area (Å²) in [4.78, 5) is 0. The van der Waals surface area contributed by atoms with Crippen LogP contribution in [0.15, 0.2) is 36.4 Å². The average Bonchev–Trinajstić information content (AvgIpc) is 3.33. The molecule has 0 saturated heterocycles. The molecule has 0 bridgehead atoms. The van der Waals surface area contributed by atoms with Crippen LogP contribution in [-0.4, -0.2) is 18.0 Å². The van der Waals surface area contributed by atoms with Crippen LogP contribution in [-0.2, 0) is 0 Å². The highest BCUT2D eigenvalue weighted by Gasteiger charge is 2.42. The van der Waals surface area contributed by atoms with Gasteiger partial charge in [0.1, 0.15) is 34.9 Å². The topological polar surface area (TPSA) is 0 Å². The maximum Gasteiger partial charge on any atom is 0.200 e. The molecule has 0 radical (unpaired) electrons. The number of benzene rings is 5. The minimum Gasteiger partial charge on any atom is -0.207 e. The molecule has 17 heteroatoms. The lowest BCUT2D eigenvalue weighted by Gasteiger charge is -2.34. The third kappa shape index (κ3) is 9.95. The Labute approximate surface area is 387 Å². The van der Waals surface area contributed by atoms with Gasteiger partial charge in [-0.25, -0.2) is 65.9 Å². The summed E-state index contributed by atoms with van der Waals surface area (Å²) < 4.78 is 209. The maximum atomic E-state index is 14.4. The highest BCUT2D eigenvalue weighted by Crippen LogP contribution is 2.57. The van der Waals surface area contributed by atoms with Crippen LogP contribution in [0.4, 0.5) is 65.9 Å². The lowest BCUT2D eigenvalue weighted by molar-refractivity contribution is 0.380. The van der Waals surface area contributed by atoms with E-state index in [1.54, 1.807) is 27.6 Å². The van der Waals surface area contributed by atoms with Crippen molar-refractivity contribution < 1.29 is 65.9 Å². The molecule has 0 nitrogen and oxygen atoms in total. The van der Waals surface area contributed by atoms with Gasteiger partial charge in [-0.2, -0.15) is 0 Å². The molecule has 2 saturated carbocycles. The zero-order chi connectivity index (χ0) is 50.2. The van der Waals surface area contributed by atoms with E-state index in [0.29, 0.717) is 17.8 Å². The minimum absolute atomic E-state index is 0.541. The lowest BCUT2D eigenvalue weighted by atomic mass is 9.36.